The monoisotopic (exact) mass is 226 g/mol. The Morgan fingerprint density at radius 1 is 1.40 bits per heavy atom. The van der Waals surface area contributed by atoms with Crippen molar-refractivity contribution in [3.05, 3.63) is 34.9 Å². The Hall–Kier alpha value is -0.860. The van der Waals surface area contributed by atoms with E-state index >= 15 is 0 Å². The van der Waals surface area contributed by atoms with E-state index in [2.05, 4.69) is 0 Å². The second-order valence-corrected chi connectivity index (χ2v) is 3.78. The van der Waals surface area contributed by atoms with Crippen molar-refractivity contribution >= 4 is 17.4 Å². The van der Waals surface area contributed by atoms with Crippen LogP contribution < -0.4 is 0 Å². The number of halogens is 1. The molecule has 1 aromatic carbocycles. The third kappa shape index (κ3) is 4.45. The number of carbonyl (C=O) groups is 1. The Morgan fingerprint density at radius 2 is 2.13 bits per heavy atom. The second kappa shape index (κ2) is 6.59. The van der Waals surface area contributed by atoms with Gasteiger partial charge in [-0.2, -0.15) is 0 Å². The van der Waals surface area contributed by atoms with Gasteiger partial charge in [0.25, 0.3) is 0 Å². The van der Waals surface area contributed by atoms with Crippen molar-refractivity contribution in [3.63, 3.8) is 0 Å². The number of hydrogen-bond donors (Lipinski definition) is 0. The summed E-state index contributed by atoms with van der Waals surface area (Å²) >= 11 is 5.94. The molecule has 0 radical (unpaired) electrons. The van der Waals surface area contributed by atoms with E-state index in [0.29, 0.717) is 18.1 Å². The molecule has 0 fully saturated rings. The van der Waals surface area contributed by atoms with Gasteiger partial charge in [-0.25, -0.2) is 0 Å². The van der Waals surface area contributed by atoms with Crippen LogP contribution >= 0.6 is 11.6 Å². The maximum atomic E-state index is 11.2. The first kappa shape index (κ1) is 12.2. The number of rotatable bonds is 6. The van der Waals surface area contributed by atoms with E-state index in [1.807, 2.05) is 31.2 Å². The van der Waals surface area contributed by atoms with Crippen molar-refractivity contribution in [1.82, 2.24) is 0 Å². The fraction of sp³-hybridized carbons (Fsp3) is 0.417. The normalized spacial score (nSPS) is 10.3. The molecular weight excluding hydrogens is 212 g/mol. The van der Waals surface area contributed by atoms with Crippen LogP contribution in [0.1, 0.15) is 25.3 Å². The molecule has 0 aromatic heterocycles. The summed E-state index contributed by atoms with van der Waals surface area (Å²) in [5.74, 6) is 0.143. The number of ketones is 1. The van der Waals surface area contributed by atoms with Crippen molar-refractivity contribution in [2.45, 2.75) is 26.4 Å². The van der Waals surface area contributed by atoms with Crippen molar-refractivity contribution in [2.75, 3.05) is 6.61 Å². The highest BCUT2D eigenvalue weighted by Gasteiger charge is 2.02. The lowest BCUT2D eigenvalue weighted by molar-refractivity contribution is -0.124. The number of ether oxygens (including phenoxy) is 1. The SMILES string of the molecule is CCCC(=O)COCc1ccccc1Cl. The first-order valence-electron chi connectivity index (χ1n) is 5.07. The molecule has 0 spiro atoms. The van der Waals surface area contributed by atoms with Gasteiger partial charge in [-0.1, -0.05) is 36.7 Å². The summed E-state index contributed by atoms with van der Waals surface area (Å²) in [5.41, 5.74) is 0.920. The highest BCUT2D eigenvalue weighted by Crippen LogP contribution is 2.15. The van der Waals surface area contributed by atoms with Gasteiger partial charge >= 0.3 is 0 Å². The topological polar surface area (TPSA) is 26.3 Å². The van der Waals surface area contributed by atoms with E-state index in [4.69, 9.17) is 16.3 Å². The van der Waals surface area contributed by atoms with Gasteiger partial charge in [0.05, 0.1) is 6.61 Å². The molecule has 15 heavy (non-hydrogen) atoms. The minimum atomic E-state index is 0.143. The molecule has 0 bridgehead atoms. The molecule has 0 amide bonds. The van der Waals surface area contributed by atoms with Gasteiger partial charge < -0.3 is 4.74 Å². The van der Waals surface area contributed by atoms with E-state index < -0.39 is 0 Å². The Bertz CT molecular complexity index is 323. The quantitative estimate of drug-likeness (QED) is 0.745. The smallest absolute Gasteiger partial charge is 0.158 e. The van der Waals surface area contributed by atoms with Gasteiger partial charge in [0, 0.05) is 11.4 Å². The van der Waals surface area contributed by atoms with Crippen molar-refractivity contribution in [3.8, 4) is 0 Å². The fourth-order valence-electron chi connectivity index (χ4n) is 1.24. The van der Waals surface area contributed by atoms with Gasteiger partial charge in [-0.15, -0.1) is 0 Å². The first-order chi connectivity index (χ1) is 7.24. The van der Waals surface area contributed by atoms with Crippen LogP contribution in [-0.2, 0) is 16.1 Å². The van der Waals surface area contributed by atoms with Gasteiger partial charge in [-0.3, -0.25) is 4.79 Å². The molecule has 2 nitrogen and oxygen atoms in total. The molecule has 82 valence electrons. The molecule has 1 rings (SSSR count). The Labute approximate surface area is 95.2 Å². The molecule has 3 heteroatoms. The molecule has 0 aliphatic heterocycles. The lowest BCUT2D eigenvalue weighted by Crippen LogP contribution is -2.07. The van der Waals surface area contributed by atoms with Gasteiger partial charge in [0.15, 0.2) is 5.78 Å². The minimum Gasteiger partial charge on any atom is -0.369 e. The number of hydrogen-bond acceptors (Lipinski definition) is 2. The van der Waals surface area contributed by atoms with E-state index in [1.165, 1.54) is 0 Å². The number of Topliss-reactive ketones (excluding diaryl/α,β-unsaturated/α-hetero) is 1. The molecule has 0 N–H and O–H groups in total. The van der Waals surface area contributed by atoms with Crippen molar-refractivity contribution in [2.24, 2.45) is 0 Å². The summed E-state index contributed by atoms with van der Waals surface area (Å²) in [4.78, 5) is 11.2. The van der Waals surface area contributed by atoms with E-state index in [1.54, 1.807) is 0 Å². The predicted molar refractivity (Wildman–Crippen MR) is 61.0 cm³/mol. The maximum absolute atomic E-state index is 11.2. The highest BCUT2D eigenvalue weighted by molar-refractivity contribution is 6.31. The first-order valence-corrected chi connectivity index (χ1v) is 5.44. The van der Waals surface area contributed by atoms with E-state index in [0.717, 1.165) is 12.0 Å². The fourth-order valence-corrected chi connectivity index (χ4v) is 1.43. The van der Waals surface area contributed by atoms with Crippen LogP contribution in [0, 0.1) is 0 Å². The Kier molecular flexibility index (Phi) is 5.37. The number of carbonyl (C=O) groups excluding carboxylic acids is 1. The standard InChI is InChI=1S/C12H15ClO2/c1-2-5-11(14)9-15-8-10-6-3-4-7-12(10)13/h3-4,6-7H,2,5,8-9H2,1H3. The molecule has 0 saturated heterocycles. The zero-order chi connectivity index (χ0) is 11.1. The average Bonchev–Trinajstić information content (AvgIpc) is 2.21. The van der Waals surface area contributed by atoms with Crippen molar-refractivity contribution in [1.29, 1.82) is 0 Å². The van der Waals surface area contributed by atoms with E-state index in [9.17, 15) is 4.79 Å². The summed E-state index contributed by atoms with van der Waals surface area (Å²) in [7, 11) is 0. The van der Waals surface area contributed by atoms with Gasteiger partial charge in [0.1, 0.15) is 6.61 Å². The molecule has 1 aromatic rings. The average molecular weight is 227 g/mol. The van der Waals surface area contributed by atoms with E-state index in [-0.39, 0.29) is 12.4 Å². The summed E-state index contributed by atoms with van der Waals surface area (Å²) in [6.45, 7) is 2.56. The third-order valence-corrected chi connectivity index (χ3v) is 2.38. The number of benzene rings is 1. The van der Waals surface area contributed by atoms with Gasteiger partial charge in [0.2, 0.25) is 0 Å². The molecule has 0 atom stereocenters. The lowest BCUT2D eigenvalue weighted by Gasteiger charge is -2.04. The maximum Gasteiger partial charge on any atom is 0.158 e. The largest absolute Gasteiger partial charge is 0.369 e. The zero-order valence-corrected chi connectivity index (χ0v) is 9.59. The molecule has 0 aliphatic rings. The van der Waals surface area contributed by atoms with Crippen LogP contribution in [0.3, 0.4) is 0 Å². The van der Waals surface area contributed by atoms with Gasteiger partial charge in [-0.05, 0) is 18.1 Å². The van der Waals surface area contributed by atoms with Crippen LogP contribution in [-0.4, -0.2) is 12.4 Å². The molecular formula is C12H15ClO2. The van der Waals surface area contributed by atoms with Crippen LogP contribution in [0.5, 0.6) is 0 Å². The zero-order valence-electron chi connectivity index (χ0n) is 8.83. The Morgan fingerprint density at radius 3 is 2.80 bits per heavy atom. The van der Waals surface area contributed by atoms with Crippen molar-refractivity contribution < 1.29 is 9.53 Å². The second-order valence-electron chi connectivity index (χ2n) is 3.37. The van der Waals surface area contributed by atoms with Crippen LogP contribution in [0.4, 0.5) is 0 Å². The molecule has 0 saturated carbocycles. The third-order valence-electron chi connectivity index (χ3n) is 2.01. The summed E-state index contributed by atoms with van der Waals surface area (Å²) in [6.07, 6.45) is 1.46. The Balaban J connectivity index is 2.32. The van der Waals surface area contributed by atoms with Crippen LogP contribution in [0.2, 0.25) is 5.02 Å². The predicted octanol–water partition coefficient (Wildman–Crippen LogP) is 3.23. The molecule has 0 aliphatic carbocycles. The minimum absolute atomic E-state index is 0.143. The summed E-state index contributed by atoms with van der Waals surface area (Å²) in [5, 5.41) is 0.681. The summed E-state index contributed by atoms with van der Waals surface area (Å²) in [6, 6.07) is 7.48. The summed E-state index contributed by atoms with van der Waals surface area (Å²) < 4.78 is 5.28. The molecule has 0 unspecified atom stereocenters. The lowest BCUT2D eigenvalue weighted by atomic mass is 10.2. The van der Waals surface area contributed by atoms with Crippen LogP contribution in [0.25, 0.3) is 0 Å². The highest BCUT2D eigenvalue weighted by atomic mass is 35.5. The molecule has 0 heterocycles. The van der Waals surface area contributed by atoms with Crippen LogP contribution in [0.15, 0.2) is 24.3 Å².